The molecule has 1 unspecified atom stereocenters. The highest BCUT2D eigenvalue weighted by molar-refractivity contribution is 5.73. The van der Waals surface area contributed by atoms with Crippen molar-refractivity contribution < 1.29 is 14.6 Å². The Hall–Kier alpha value is -1.55. The normalized spacial score (nSPS) is 16.3. The lowest BCUT2D eigenvalue weighted by atomic mass is 10.1. The number of carboxylic acid groups (broad SMARTS) is 1. The quantitative estimate of drug-likeness (QED) is 0.808. The number of ether oxygens (including phenoxy) is 1. The fourth-order valence-electron chi connectivity index (χ4n) is 1.73. The van der Waals surface area contributed by atoms with Crippen molar-refractivity contribution >= 4 is 5.97 Å². The molecule has 0 bridgehead atoms. The summed E-state index contributed by atoms with van der Waals surface area (Å²) in [7, 11) is 0. The lowest BCUT2D eigenvalue weighted by molar-refractivity contribution is -0.144. The lowest BCUT2D eigenvalue weighted by Gasteiger charge is -2.17. The Morgan fingerprint density at radius 2 is 2.22 bits per heavy atom. The smallest absolute Gasteiger partial charge is 0.346 e. The van der Waals surface area contributed by atoms with Gasteiger partial charge in [0.15, 0.2) is 0 Å². The average molecular weight is 249 g/mol. The molecule has 1 aliphatic rings. The third kappa shape index (κ3) is 3.47. The van der Waals surface area contributed by atoms with E-state index in [1.54, 1.807) is 0 Å². The van der Waals surface area contributed by atoms with Crippen molar-refractivity contribution in [3.63, 3.8) is 0 Å². The zero-order valence-electron chi connectivity index (χ0n) is 10.8. The second-order valence-electron chi connectivity index (χ2n) is 4.90. The number of hydrogen-bond acceptors (Lipinski definition) is 3. The molecule has 0 heterocycles. The van der Waals surface area contributed by atoms with Crippen molar-refractivity contribution in [2.45, 2.75) is 38.8 Å². The van der Waals surface area contributed by atoms with Crippen molar-refractivity contribution in [1.29, 1.82) is 0 Å². The van der Waals surface area contributed by atoms with Gasteiger partial charge in [0.05, 0.1) is 0 Å². The molecule has 1 fully saturated rings. The Morgan fingerprint density at radius 1 is 1.50 bits per heavy atom. The second kappa shape index (κ2) is 5.40. The summed E-state index contributed by atoms with van der Waals surface area (Å²) in [6.07, 6.45) is 1.44. The SMILES string of the molecule is Cc1ccc(C)c(OC(CNC2CC2)C(=O)O)c1. The minimum atomic E-state index is -0.927. The van der Waals surface area contributed by atoms with Gasteiger partial charge in [0.2, 0.25) is 6.10 Å². The van der Waals surface area contributed by atoms with Gasteiger partial charge in [-0.25, -0.2) is 4.79 Å². The van der Waals surface area contributed by atoms with E-state index in [0.717, 1.165) is 24.0 Å². The van der Waals surface area contributed by atoms with Crippen LogP contribution < -0.4 is 10.1 Å². The maximum absolute atomic E-state index is 11.2. The number of aryl methyl sites for hydroxylation is 2. The van der Waals surface area contributed by atoms with Crippen LogP contribution in [0.5, 0.6) is 5.75 Å². The topological polar surface area (TPSA) is 58.6 Å². The van der Waals surface area contributed by atoms with Crippen molar-refractivity contribution in [3.05, 3.63) is 29.3 Å². The van der Waals surface area contributed by atoms with Crippen LogP contribution in [0.4, 0.5) is 0 Å². The maximum Gasteiger partial charge on any atom is 0.346 e. The molecular formula is C14H19NO3. The molecule has 1 aromatic carbocycles. The largest absolute Gasteiger partial charge is 0.478 e. The molecule has 0 aromatic heterocycles. The summed E-state index contributed by atoms with van der Waals surface area (Å²) < 4.78 is 5.60. The molecule has 0 saturated heterocycles. The van der Waals surface area contributed by atoms with Crippen LogP contribution in [0.3, 0.4) is 0 Å². The number of carboxylic acids is 1. The Morgan fingerprint density at radius 3 is 2.83 bits per heavy atom. The number of benzene rings is 1. The summed E-state index contributed by atoms with van der Waals surface area (Å²) in [5, 5.41) is 12.3. The van der Waals surface area contributed by atoms with Gasteiger partial charge in [-0.1, -0.05) is 12.1 Å². The van der Waals surface area contributed by atoms with Crippen molar-refractivity contribution in [2.75, 3.05) is 6.54 Å². The molecule has 0 aliphatic heterocycles. The first-order valence-corrected chi connectivity index (χ1v) is 6.26. The highest BCUT2D eigenvalue weighted by atomic mass is 16.5. The highest BCUT2D eigenvalue weighted by Gasteiger charge is 2.26. The molecule has 0 radical (unpaired) electrons. The van der Waals surface area contributed by atoms with Crippen molar-refractivity contribution in [1.82, 2.24) is 5.32 Å². The predicted octanol–water partition coefficient (Wildman–Crippen LogP) is 1.89. The van der Waals surface area contributed by atoms with Gasteiger partial charge < -0.3 is 15.2 Å². The predicted molar refractivity (Wildman–Crippen MR) is 69.0 cm³/mol. The average Bonchev–Trinajstić information content (AvgIpc) is 3.12. The lowest BCUT2D eigenvalue weighted by Crippen LogP contribution is -2.38. The standard InChI is InChI=1S/C14H19NO3/c1-9-3-4-10(2)12(7-9)18-13(14(16)17)8-15-11-5-6-11/h3-4,7,11,13,15H,5-6,8H2,1-2H3,(H,16,17). The molecule has 1 aliphatic carbocycles. The fourth-order valence-corrected chi connectivity index (χ4v) is 1.73. The van der Waals surface area contributed by atoms with E-state index in [4.69, 9.17) is 9.84 Å². The Balaban J connectivity index is 2.01. The van der Waals surface area contributed by atoms with Gasteiger partial charge in [0, 0.05) is 12.6 Å². The van der Waals surface area contributed by atoms with Crippen LogP contribution in [0.25, 0.3) is 0 Å². The van der Waals surface area contributed by atoms with Crippen LogP contribution in [0.2, 0.25) is 0 Å². The van der Waals surface area contributed by atoms with Crippen LogP contribution in [-0.2, 0) is 4.79 Å². The minimum Gasteiger partial charge on any atom is -0.478 e. The van der Waals surface area contributed by atoms with Crippen molar-refractivity contribution in [3.8, 4) is 5.75 Å². The van der Waals surface area contributed by atoms with Gasteiger partial charge >= 0.3 is 5.97 Å². The minimum absolute atomic E-state index is 0.355. The van der Waals surface area contributed by atoms with Gasteiger partial charge in [0.1, 0.15) is 5.75 Å². The molecule has 2 N–H and O–H groups in total. The molecule has 18 heavy (non-hydrogen) atoms. The summed E-state index contributed by atoms with van der Waals surface area (Å²) in [5.74, 6) is -0.274. The molecule has 1 atom stereocenters. The summed E-state index contributed by atoms with van der Waals surface area (Å²) in [5.41, 5.74) is 2.02. The summed E-state index contributed by atoms with van der Waals surface area (Å²) in [4.78, 5) is 11.2. The highest BCUT2D eigenvalue weighted by Crippen LogP contribution is 2.22. The van der Waals surface area contributed by atoms with E-state index < -0.39 is 12.1 Å². The second-order valence-corrected chi connectivity index (χ2v) is 4.90. The van der Waals surface area contributed by atoms with E-state index in [2.05, 4.69) is 5.32 Å². The molecular weight excluding hydrogens is 230 g/mol. The van der Waals surface area contributed by atoms with Gasteiger partial charge in [-0.2, -0.15) is 0 Å². The zero-order valence-corrected chi connectivity index (χ0v) is 10.8. The van der Waals surface area contributed by atoms with Crippen molar-refractivity contribution in [2.24, 2.45) is 0 Å². The number of hydrogen-bond donors (Lipinski definition) is 2. The number of carbonyl (C=O) groups is 1. The third-order valence-corrected chi connectivity index (χ3v) is 3.06. The molecule has 1 aromatic rings. The first kappa shape index (κ1) is 12.9. The van der Waals surface area contributed by atoms with E-state index >= 15 is 0 Å². The third-order valence-electron chi connectivity index (χ3n) is 3.06. The Labute approximate surface area is 107 Å². The Bertz CT molecular complexity index is 441. The van der Waals surface area contributed by atoms with Crippen LogP contribution >= 0.6 is 0 Å². The van der Waals surface area contributed by atoms with E-state index in [9.17, 15) is 4.79 Å². The number of aliphatic carboxylic acids is 1. The first-order valence-electron chi connectivity index (χ1n) is 6.26. The maximum atomic E-state index is 11.2. The van der Waals surface area contributed by atoms with E-state index in [0.29, 0.717) is 18.3 Å². The molecule has 0 spiro atoms. The van der Waals surface area contributed by atoms with Gasteiger partial charge in [-0.3, -0.25) is 0 Å². The van der Waals surface area contributed by atoms with E-state index in [-0.39, 0.29) is 0 Å². The summed E-state index contributed by atoms with van der Waals surface area (Å²) in [6, 6.07) is 6.29. The van der Waals surface area contributed by atoms with Gasteiger partial charge in [-0.15, -0.1) is 0 Å². The molecule has 98 valence electrons. The molecule has 4 heteroatoms. The molecule has 2 rings (SSSR count). The van der Waals surface area contributed by atoms with Crippen LogP contribution in [0.15, 0.2) is 18.2 Å². The van der Waals surface area contributed by atoms with Crippen LogP contribution in [-0.4, -0.2) is 29.8 Å². The molecule has 0 amide bonds. The zero-order chi connectivity index (χ0) is 13.1. The van der Waals surface area contributed by atoms with Gasteiger partial charge in [0.25, 0.3) is 0 Å². The van der Waals surface area contributed by atoms with Crippen LogP contribution in [0.1, 0.15) is 24.0 Å². The van der Waals surface area contributed by atoms with E-state index in [1.165, 1.54) is 0 Å². The van der Waals surface area contributed by atoms with Crippen LogP contribution in [0, 0.1) is 13.8 Å². The number of rotatable bonds is 6. The van der Waals surface area contributed by atoms with E-state index in [1.807, 2.05) is 32.0 Å². The Kier molecular flexibility index (Phi) is 3.87. The number of nitrogens with one attached hydrogen (secondary N) is 1. The molecule has 1 saturated carbocycles. The first-order chi connectivity index (χ1) is 8.56. The van der Waals surface area contributed by atoms with Gasteiger partial charge in [-0.05, 0) is 43.9 Å². The summed E-state index contributed by atoms with van der Waals surface area (Å²) >= 11 is 0. The summed E-state index contributed by atoms with van der Waals surface area (Å²) in [6.45, 7) is 4.24. The fraction of sp³-hybridized carbons (Fsp3) is 0.500. The monoisotopic (exact) mass is 249 g/mol. The molecule has 4 nitrogen and oxygen atoms in total.